The second-order valence-corrected chi connectivity index (χ2v) is 7.05. The standard InChI is InChI=1S/C22H22N4O3/c1-14-6-5-7-19(21-22(27)25(4)29-24-21)20(14)13-28-18-10-8-17(9-11-18)26-12-15(2)16(3)23-26/h5-12H,13H2,1-4H3. The first-order valence-electron chi connectivity index (χ1n) is 9.32. The fourth-order valence-corrected chi connectivity index (χ4v) is 3.14. The second kappa shape index (κ2) is 7.43. The van der Waals surface area contributed by atoms with Crippen LogP contribution in [0.3, 0.4) is 0 Å². The van der Waals surface area contributed by atoms with Crippen LogP contribution in [-0.2, 0) is 13.7 Å². The quantitative estimate of drug-likeness (QED) is 0.519. The van der Waals surface area contributed by atoms with E-state index < -0.39 is 0 Å². The Morgan fingerprint density at radius 1 is 1.03 bits per heavy atom. The molecule has 4 rings (SSSR count). The van der Waals surface area contributed by atoms with Crippen LogP contribution >= 0.6 is 0 Å². The molecule has 0 saturated heterocycles. The van der Waals surface area contributed by atoms with Crippen molar-refractivity contribution in [3.63, 3.8) is 0 Å². The summed E-state index contributed by atoms with van der Waals surface area (Å²) in [5.74, 6) is 0.733. The van der Waals surface area contributed by atoms with Crippen LogP contribution in [0.1, 0.15) is 22.4 Å². The molecule has 4 aromatic rings. The first-order chi connectivity index (χ1) is 13.9. The Morgan fingerprint density at radius 3 is 2.41 bits per heavy atom. The van der Waals surface area contributed by atoms with Crippen LogP contribution in [0, 0.1) is 20.8 Å². The Morgan fingerprint density at radius 2 is 1.79 bits per heavy atom. The minimum Gasteiger partial charge on any atom is -0.489 e. The summed E-state index contributed by atoms with van der Waals surface area (Å²) in [6, 6.07) is 13.5. The van der Waals surface area contributed by atoms with E-state index in [9.17, 15) is 4.79 Å². The topological polar surface area (TPSA) is 75.1 Å². The fraction of sp³-hybridized carbons (Fsp3) is 0.227. The summed E-state index contributed by atoms with van der Waals surface area (Å²) in [6.07, 6.45) is 2.00. The summed E-state index contributed by atoms with van der Waals surface area (Å²) in [4.78, 5) is 12.3. The molecule has 0 unspecified atom stereocenters. The molecule has 7 nitrogen and oxygen atoms in total. The van der Waals surface area contributed by atoms with Gasteiger partial charge in [-0.15, -0.1) is 4.74 Å². The Kier molecular flexibility index (Phi) is 4.80. The van der Waals surface area contributed by atoms with Crippen molar-refractivity contribution >= 4 is 0 Å². The zero-order valence-electron chi connectivity index (χ0n) is 16.8. The highest BCUT2D eigenvalue weighted by Gasteiger charge is 2.16. The lowest BCUT2D eigenvalue weighted by Crippen LogP contribution is -2.13. The Hall–Kier alpha value is -3.61. The van der Waals surface area contributed by atoms with Gasteiger partial charge in [-0.05, 0) is 61.3 Å². The molecule has 29 heavy (non-hydrogen) atoms. The van der Waals surface area contributed by atoms with Crippen molar-refractivity contribution in [1.29, 1.82) is 0 Å². The van der Waals surface area contributed by atoms with Crippen LogP contribution in [0.25, 0.3) is 16.9 Å². The molecule has 2 aromatic carbocycles. The molecule has 0 aliphatic carbocycles. The highest BCUT2D eigenvalue weighted by atomic mass is 16.6. The molecule has 0 saturated carbocycles. The smallest absolute Gasteiger partial charge is 0.310 e. The van der Waals surface area contributed by atoms with Crippen LogP contribution in [0.2, 0.25) is 0 Å². The number of aryl methyl sites for hydroxylation is 4. The lowest BCUT2D eigenvalue weighted by Gasteiger charge is -2.12. The highest BCUT2D eigenvalue weighted by Crippen LogP contribution is 2.25. The molecule has 0 fully saturated rings. The number of aromatic nitrogens is 4. The van der Waals surface area contributed by atoms with Gasteiger partial charge < -0.3 is 4.74 Å². The Labute approximate surface area is 168 Å². The SMILES string of the molecule is Cc1cn(-c2ccc(OCc3c(C)cccc3-c3non(C)c3=O)cc2)nc1C. The molecule has 2 heterocycles. The van der Waals surface area contributed by atoms with E-state index >= 15 is 0 Å². The molecular weight excluding hydrogens is 368 g/mol. The lowest BCUT2D eigenvalue weighted by molar-refractivity contribution is 0.216. The third-order valence-electron chi connectivity index (χ3n) is 5.04. The van der Waals surface area contributed by atoms with Crippen molar-refractivity contribution in [1.82, 2.24) is 19.7 Å². The summed E-state index contributed by atoms with van der Waals surface area (Å²) in [5, 5.41) is 8.41. The number of hydrogen-bond acceptors (Lipinski definition) is 5. The van der Waals surface area contributed by atoms with Gasteiger partial charge in [0.1, 0.15) is 12.4 Å². The van der Waals surface area contributed by atoms with Gasteiger partial charge in [0, 0.05) is 17.3 Å². The summed E-state index contributed by atoms with van der Waals surface area (Å²) in [6.45, 7) is 6.33. The van der Waals surface area contributed by atoms with Crippen molar-refractivity contribution in [2.45, 2.75) is 27.4 Å². The van der Waals surface area contributed by atoms with Gasteiger partial charge in [-0.25, -0.2) is 4.68 Å². The minimum absolute atomic E-state index is 0.272. The molecule has 0 radical (unpaired) electrons. The molecule has 0 amide bonds. The van der Waals surface area contributed by atoms with E-state index in [1.807, 2.05) is 74.1 Å². The summed E-state index contributed by atoms with van der Waals surface area (Å²) in [7, 11) is 1.54. The average Bonchev–Trinajstić information content (AvgIpc) is 3.23. The first-order valence-corrected chi connectivity index (χ1v) is 9.32. The normalized spacial score (nSPS) is 11.0. The van der Waals surface area contributed by atoms with Crippen LogP contribution in [0.5, 0.6) is 5.75 Å². The molecule has 0 atom stereocenters. The van der Waals surface area contributed by atoms with Gasteiger partial charge in [-0.3, -0.25) is 9.42 Å². The molecular formula is C22H22N4O3. The zero-order chi connectivity index (χ0) is 20.5. The highest BCUT2D eigenvalue weighted by molar-refractivity contribution is 5.64. The van der Waals surface area contributed by atoms with Crippen molar-refractivity contribution in [3.8, 4) is 22.7 Å². The van der Waals surface area contributed by atoms with Crippen LogP contribution in [0.4, 0.5) is 0 Å². The fourth-order valence-electron chi connectivity index (χ4n) is 3.14. The summed E-state index contributed by atoms with van der Waals surface area (Å²) >= 11 is 0. The van der Waals surface area contributed by atoms with Crippen molar-refractivity contribution in [3.05, 3.63) is 81.4 Å². The van der Waals surface area contributed by atoms with Crippen LogP contribution in [-0.4, -0.2) is 19.7 Å². The number of rotatable bonds is 5. The molecule has 0 aliphatic heterocycles. The average molecular weight is 390 g/mol. The maximum atomic E-state index is 12.3. The Bertz CT molecular complexity index is 1200. The lowest BCUT2D eigenvalue weighted by atomic mass is 10.0. The maximum absolute atomic E-state index is 12.3. The van der Waals surface area contributed by atoms with Gasteiger partial charge >= 0.3 is 5.56 Å². The summed E-state index contributed by atoms with van der Waals surface area (Å²) < 4.78 is 13.9. The van der Waals surface area contributed by atoms with Crippen molar-refractivity contribution in [2.75, 3.05) is 0 Å². The molecule has 0 bridgehead atoms. The zero-order valence-corrected chi connectivity index (χ0v) is 16.8. The minimum atomic E-state index is -0.272. The van der Waals surface area contributed by atoms with E-state index in [4.69, 9.17) is 9.37 Å². The molecule has 0 spiro atoms. The van der Waals surface area contributed by atoms with Crippen molar-refractivity contribution < 1.29 is 9.37 Å². The second-order valence-electron chi connectivity index (χ2n) is 7.05. The van der Waals surface area contributed by atoms with E-state index in [0.717, 1.165) is 44.1 Å². The Balaban J connectivity index is 1.57. The number of ether oxygens (including phenoxy) is 1. The van der Waals surface area contributed by atoms with E-state index in [2.05, 4.69) is 10.3 Å². The molecule has 0 N–H and O–H groups in total. The monoisotopic (exact) mass is 390 g/mol. The largest absolute Gasteiger partial charge is 0.489 e. The van der Waals surface area contributed by atoms with Gasteiger partial charge in [-0.1, -0.05) is 18.2 Å². The number of benzene rings is 2. The van der Waals surface area contributed by atoms with Crippen molar-refractivity contribution in [2.24, 2.45) is 7.05 Å². The number of hydrogen-bond donors (Lipinski definition) is 0. The van der Waals surface area contributed by atoms with E-state index in [0.29, 0.717) is 6.61 Å². The van der Waals surface area contributed by atoms with Gasteiger partial charge in [0.05, 0.1) is 18.4 Å². The molecule has 2 aromatic heterocycles. The van der Waals surface area contributed by atoms with Gasteiger partial charge in [0.15, 0.2) is 5.69 Å². The van der Waals surface area contributed by atoms with Crippen LogP contribution < -0.4 is 10.3 Å². The number of nitrogens with zero attached hydrogens (tertiary/aromatic N) is 4. The predicted molar refractivity (Wildman–Crippen MR) is 109 cm³/mol. The molecule has 0 aliphatic rings. The third kappa shape index (κ3) is 3.59. The van der Waals surface area contributed by atoms with Gasteiger partial charge in [0.25, 0.3) is 0 Å². The van der Waals surface area contributed by atoms with Gasteiger partial charge in [0.2, 0.25) is 0 Å². The van der Waals surface area contributed by atoms with E-state index in [-0.39, 0.29) is 11.3 Å². The maximum Gasteiger partial charge on any atom is 0.310 e. The van der Waals surface area contributed by atoms with Crippen LogP contribution in [0.15, 0.2) is 58.1 Å². The molecule has 148 valence electrons. The van der Waals surface area contributed by atoms with E-state index in [1.54, 1.807) is 0 Å². The van der Waals surface area contributed by atoms with Gasteiger partial charge in [-0.2, -0.15) is 5.10 Å². The van der Waals surface area contributed by atoms with E-state index in [1.165, 1.54) is 7.05 Å². The molecule has 7 heteroatoms. The third-order valence-corrected chi connectivity index (χ3v) is 5.04. The predicted octanol–water partition coefficient (Wildman–Crippen LogP) is 3.73. The summed E-state index contributed by atoms with van der Waals surface area (Å²) in [5.41, 5.74) is 5.79. The first kappa shape index (κ1) is 18.7.